The molecule has 1 saturated carbocycles. The third-order valence-corrected chi connectivity index (χ3v) is 4.67. The highest BCUT2D eigenvalue weighted by Gasteiger charge is 2.31. The van der Waals surface area contributed by atoms with Crippen LogP contribution in [0.4, 0.5) is 9.39 Å². The molecule has 130 valence electrons. The Morgan fingerprint density at radius 2 is 2.30 bits per heavy atom. The number of nitrogens with one attached hydrogen (secondary N) is 2. The zero-order valence-electron chi connectivity index (χ0n) is 13.3. The Morgan fingerprint density at radius 3 is 2.96 bits per heavy atom. The zero-order chi connectivity index (χ0) is 16.8. The highest BCUT2D eigenvalue weighted by Crippen LogP contribution is 2.29. The number of carbonyl (C=O) groups excluding carboxylic acids is 1. The predicted octanol–water partition coefficient (Wildman–Crippen LogP) is 2.03. The summed E-state index contributed by atoms with van der Waals surface area (Å²) in [6.07, 6.45) is 0.530. The average molecular weight is 346 g/mol. The molecule has 1 aromatic heterocycles. The van der Waals surface area contributed by atoms with Gasteiger partial charge in [0.15, 0.2) is 6.35 Å². The standard InChI is InChI=1S/C15H23FN2O4S/c1-3-21-14(19)12-9(2)8-23-13(12)18-15(20)17-10-6-11(7-10)22-5-4-16/h8,10-11,15,17-18,20H,3-7H2,1-2H3. The van der Waals surface area contributed by atoms with E-state index in [0.717, 1.165) is 18.4 Å². The lowest BCUT2D eigenvalue weighted by Gasteiger charge is -2.37. The summed E-state index contributed by atoms with van der Waals surface area (Å²) in [5, 5.41) is 18.4. The van der Waals surface area contributed by atoms with Gasteiger partial charge in [-0.15, -0.1) is 11.3 Å². The number of aliphatic hydroxyl groups excluding tert-OH is 1. The Morgan fingerprint density at radius 1 is 1.57 bits per heavy atom. The number of thiophene rings is 1. The van der Waals surface area contributed by atoms with Crippen molar-refractivity contribution >= 4 is 22.3 Å². The van der Waals surface area contributed by atoms with Crippen LogP contribution >= 0.6 is 11.3 Å². The first-order valence-electron chi connectivity index (χ1n) is 7.68. The monoisotopic (exact) mass is 346 g/mol. The fourth-order valence-corrected chi connectivity index (χ4v) is 3.40. The van der Waals surface area contributed by atoms with E-state index in [9.17, 15) is 14.3 Å². The molecular formula is C15H23FN2O4S. The minimum Gasteiger partial charge on any atom is -0.462 e. The maximum atomic E-state index is 12.0. The number of aliphatic hydroxyl groups is 1. The van der Waals surface area contributed by atoms with Gasteiger partial charge in [0.25, 0.3) is 0 Å². The molecular weight excluding hydrogens is 323 g/mol. The van der Waals surface area contributed by atoms with Crippen LogP contribution in [0.1, 0.15) is 35.7 Å². The maximum Gasteiger partial charge on any atom is 0.341 e. The van der Waals surface area contributed by atoms with E-state index >= 15 is 0 Å². The van der Waals surface area contributed by atoms with E-state index in [-0.39, 0.29) is 18.8 Å². The van der Waals surface area contributed by atoms with E-state index in [4.69, 9.17) is 9.47 Å². The van der Waals surface area contributed by atoms with Crippen molar-refractivity contribution in [1.82, 2.24) is 5.32 Å². The highest BCUT2D eigenvalue weighted by molar-refractivity contribution is 7.14. The predicted molar refractivity (Wildman–Crippen MR) is 86.5 cm³/mol. The molecule has 6 nitrogen and oxygen atoms in total. The van der Waals surface area contributed by atoms with Gasteiger partial charge in [-0.1, -0.05) is 0 Å². The van der Waals surface area contributed by atoms with Crippen LogP contribution in [0.2, 0.25) is 0 Å². The summed E-state index contributed by atoms with van der Waals surface area (Å²) in [7, 11) is 0. The Bertz CT molecular complexity index is 520. The van der Waals surface area contributed by atoms with Crippen LogP contribution < -0.4 is 10.6 Å². The van der Waals surface area contributed by atoms with Crippen molar-refractivity contribution in [2.75, 3.05) is 25.2 Å². The first-order valence-corrected chi connectivity index (χ1v) is 8.56. The van der Waals surface area contributed by atoms with Gasteiger partial charge < -0.3 is 19.9 Å². The molecule has 23 heavy (non-hydrogen) atoms. The molecule has 8 heteroatoms. The molecule has 3 N–H and O–H groups in total. The molecule has 1 aliphatic rings. The van der Waals surface area contributed by atoms with Gasteiger partial charge in [-0.25, -0.2) is 9.18 Å². The molecule has 1 fully saturated rings. The fraction of sp³-hybridized carbons (Fsp3) is 0.667. The van der Waals surface area contributed by atoms with Gasteiger partial charge in [0.05, 0.1) is 24.9 Å². The first kappa shape index (κ1) is 18.1. The fourth-order valence-electron chi connectivity index (χ4n) is 2.45. The third-order valence-electron chi connectivity index (χ3n) is 3.64. The molecule has 1 atom stereocenters. The van der Waals surface area contributed by atoms with Crippen molar-refractivity contribution in [2.24, 2.45) is 0 Å². The van der Waals surface area contributed by atoms with Crippen LogP contribution in [-0.4, -0.2) is 49.5 Å². The summed E-state index contributed by atoms with van der Waals surface area (Å²) in [5.41, 5.74) is 1.27. The van der Waals surface area contributed by atoms with E-state index in [1.807, 2.05) is 12.3 Å². The van der Waals surface area contributed by atoms with Crippen molar-refractivity contribution in [3.63, 3.8) is 0 Å². The number of aryl methyl sites for hydroxylation is 1. The molecule has 1 heterocycles. The van der Waals surface area contributed by atoms with Crippen LogP contribution in [0.25, 0.3) is 0 Å². The molecule has 0 aliphatic heterocycles. The van der Waals surface area contributed by atoms with E-state index in [2.05, 4.69) is 10.6 Å². The quantitative estimate of drug-likeness (QED) is 0.469. The second-order valence-corrected chi connectivity index (χ2v) is 6.29. The summed E-state index contributed by atoms with van der Waals surface area (Å²) in [6.45, 7) is 3.52. The lowest BCUT2D eigenvalue weighted by Crippen LogP contribution is -2.51. The molecule has 0 aromatic carbocycles. The molecule has 2 rings (SSSR count). The zero-order valence-corrected chi connectivity index (χ0v) is 14.1. The number of carbonyl (C=O) groups is 1. The van der Waals surface area contributed by atoms with Gasteiger partial charge >= 0.3 is 5.97 Å². The van der Waals surface area contributed by atoms with Crippen molar-refractivity contribution in [3.05, 3.63) is 16.5 Å². The van der Waals surface area contributed by atoms with Crippen molar-refractivity contribution < 1.29 is 23.8 Å². The Labute approximate surface area is 139 Å². The van der Waals surface area contributed by atoms with Gasteiger partial charge in [0, 0.05) is 6.04 Å². The van der Waals surface area contributed by atoms with Crippen LogP contribution in [0.3, 0.4) is 0 Å². The Balaban J connectivity index is 1.82. The number of hydrogen-bond donors (Lipinski definition) is 3. The summed E-state index contributed by atoms with van der Waals surface area (Å²) in [4.78, 5) is 12.0. The van der Waals surface area contributed by atoms with Gasteiger partial charge in [-0.3, -0.25) is 5.32 Å². The minimum atomic E-state index is -0.978. The number of esters is 1. The van der Waals surface area contributed by atoms with E-state index in [1.54, 1.807) is 6.92 Å². The lowest BCUT2D eigenvalue weighted by atomic mass is 9.89. The van der Waals surface area contributed by atoms with E-state index in [0.29, 0.717) is 17.2 Å². The molecule has 0 spiro atoms. The molecule has 0 radical (unpaired) electrons. The number of hydrogen-bond acceptors (Lipinski definition) is 7. The molecule has 0 saturated heterocycles. The SMILES string of the molecule is CCOC(=O)c1c(C)csc1NC(O)NC1CC(OCCF)C1. The summed E-state index contributed by atoms with van der Waals surface area (Å²) >= 11 is 1.34. The number of anilines is 1. The van der Waals surface area contributed by atoms with Gasteiger partial charge in [0.2, 0.25) is 0 Å². The van der Waals surface area contributed by atoms with Crippen LogP contribution in [-0.2, 0) is 9.47 Å². The second-order valence-electron chi connectivity index (χ2n) is 5.41. The van der Waals surface area contributed by atoms with Crippen LogP contribution in [0, 0.1) is 6.92 Å². The highest BCUT2D eigenvalue weighted by atomic mass is 32.1. The van der Waals surface area contributed by atoms with E-state index < -0.39 is 19.0 Å². The summed E-state index contributed by atoms with van der Waals surface area (Å²) in [5.74, 6) is -0.399. The lowest BCUT2D eigenvalue weighted by molar-refractivity contribution is -0.0314. The topological polar surface area (TPSA) is 79.8 Å². The molecule has 1 unspecified atom stereocenters. The molecule has 1 aliphatic carbocycles. The van der Waals surface area contributed by atoms with Gasteiger partial charge in [-0.2, -0.15) is 0 Å². The smallest absolute Gasteiger partial charge is 0.341 e. The number of halogens is 1. The Kier molecular flexibility index (Phi) is 6.76. The van der Waals surface area contributed by atoms with Crippen molar-refractivity contribution in [1.29, 1.82) is 0 Å². The Hall–Kier alpha value is -1.22. The maximum absolute atomic E-state index is 12.0. The number of rotatable bonds is 9. The third kappa shape index (κ3) is 4.87. The van der Waals surface area contributed by atoms with Crippen LogP contribution in [0.5, 0.6) is 0 Å². The first-order chi connectivity index (χ1) is 11.0. The number of ether oxygens (including phenoxy) is 2. The van der Waals surface area contributed by atoms with Crippen molar-refractivity contribution in [2.45, 2.75) is 45.2 Å². The summed E-state index contributed by atoms with van der Waals surface area (Å²) in [6, 6.07) is 0.106. The second kappa shape index (κ2) is 8.58. The van der Waals surface area contributed by atoms with Crippen LogP contribution in [0.15, 0.2) is 5.38 Å². The average Bonchev–Trinajstić information content (AvgIpc) is 2.82. The van der Waals surface area contributed by atoms with Crippen molar-refractivity contribution in [3.8, 4) is 0 Å². The molecule has 1 aromatic rings. The molecule has 0 bridgehead atoms. The normalized spacial score (nSPS) is 21.6. The van der Waals surface area contributed by atoms with E-state index in [1.165, 1.54) is 11.3 Å². The summed E-state index contributed by atoms with van der Waals surface area (Å²) < 4.78 is 22.3. The molecule has 0 amide bonds. The number of alkyl halides is 1. The largest absolute Gasteiger partial charge is 0.462 e. The van der Waals surface area contributed by atoms with Gasteiger partial charge in [-0.05, 0) is 37.6 Å². The van der Waals surface area contributed by atoms with Gasteiger partial charge in [0.1, 0.15) is 11.7 Å². The minimum absolute atomic E-state index is 0.0505.